The molecule has 1 fully saturated rings. The van der Waals surface area contributed by atoms with E-state index in [0.717, 1.165) is 47.2 Å². The molecule has 0 saturated heterocycles. The molecule has 0 spiro atoms. The van der Waals surface area contributed by atoms with Crippen LogP contribution in [0.25, 0.3) is 22.2 Å². The summed E-state index contributed by atoms with van der Waals surface area (Å²) in [5.74, 6) is 1.59. The Kier molecular flexibility index (Phi) is 6.42. The molecule has 228 valence electrons. The van der Waals surface area contributed by atoms with Crippen LogP contribution in [0.1, 0.15) is 93.0 Å². The number of imidazole rings is 1. The number of aromatic nitrogens is 4. The van der Waals surface area contributed by atoms with Crippen LogP contribution in [0.2, 0.25) is 0 Å². The average molecular weight is 599 g/mol. The van der Waals surface area contributed by atoms with Crippen molar-refractivity contribution in [2.45, 2.75) is 83.0 Å². The van der Waals surface area contributed by atoms with Gasteiger partial charge in [-0.15, -0.1) is 0 Å². The van der Waals surface area contributed by atoms with Crippen LogP contribution in [-0.4, -0.2) is 55.4 Å². The van der Waals surface area contributed by atoms with Crippen LogP contribution in [-0.2, 0) is 10.3 Å². The largest absolute Gasteiger partial charge is 0.460 e. The molecule has 10 nitrogen and oxygen atoms in total. The molecular weight excluding hydrogens is 563 g/mol. The Hall–Kier alpha value is -4.54. The Morgan fingerprint density at radius 3 is 2.52 bits per heavy atom. The van der Waals surface area contributed by atoms with E-state index in [0.29, 0.717) is 29.1 Å². The first-order valence-corrected chi connectivity index (χ1v) is 15.0. The number of benzene rings is 2. The van der Waals surface area contributed by atoms with E-state index < -0.39 is 23.6 Å². The van der Waals surface area contributed by atoms with Crippen molar-refractivity contribution in [1.29, 1.82) is 0 Å². The normalized spacial score (nSPS) is 20.8. The lowest BCUT2D eigenvalue weighted by molar-refractivity contribution is 0.0364. The third-order valence-corrected chi connectivity index (χ3v) is 8.84. The third-order valence-electron chi connectivity index (χ3n) is 8.84. The zero-order valence-corrected chi connectivity index (χ0v) is 25.4. The molecule has 2 amide bonds. The molecule has 1 saturated carbocycles. The minimum atomic E-state index is -1.53. The van der Waals surface area contributed by atoms with Crippen LogP contribution in [0.15, 0.2) is 48.8 Å². The number of nitrogens with zero attached hydrogens (tertiary/aromatic N) is 5. The second-order valence-electron chi connectivity index (χ2n) is 13.0. The molecule has 7 rings (SSSR count). The van der Waals surface area contributed by atoms with E-state index in [-0.39, 0.29) is 18.0 Å². The summed E-state index contributed by atoms with van der Waals surface area (Å²) in [5, 5.41) is 3.01. The van der Waals surface area contributed by atoms with Crippen molar-refractivity contribution in [2.75, 3.05) is 7.05 Å². The summed E-state index contributed by atoms with van der Waals surface area (Å²) < 4.78 is 27.3. The molecule has 3 atom stereocenters. The summed E-state index contributed by atoms with van der Waals surface area (Å²) in [5.41, 5.74) is 3.37. The highest BCUT2D eigenvalue weighted by Crippen LogP contribution is 2.50. The summed E-state index contributed by atoms with van der Waals surface area (Å²) in [7, 11) is 1.79. The van der Waals surface area contributed by atoms with Gasteiger partial charge in [0.05, 0.1) is 23.1 Å². The summed E-state index contributed by atoms with van der Waals surface area (Å²) >= 11 is 0. The maximum absolute atomic E-state index is 14.1. The summed E-state index contributed by atoms with van der Waals surface area (Å²) in [6.45, 7) is 6.83. The smallest absolute Gasteiger partial charge is 0.408 e. The molecule has 0 radical (unpaired) electrons. The number of hydrogen-bond donors (Lipinski definition) is 1. The monoisotopic (exact) mass is 598 g/mol. The topological polar surface area (TPSA) is 111 Å². The van der Waals surface area contributed by atoms with E-state index in [2.05, 4.69) is 16.0 Å². The van der Waals surface area contributed by atoms with Crippen LogP contribution in [0.5, 0.6) is 5.75 Å². The predicted octanol–water partition coefficient (Wildman–Crippen LogP) is 6.21. The van der Waals surface area contributed by atoms with Crippen molar-refractivity contribution in [3.8, 4) is 16.9 Å². The van der Waals surface area contributed by atoms with E-state index in [1.165, 1.54) is 6.92 Å². The van der Waals surface area contributed by atoms with E-state index in [9.17, 15) is 14.0 Å². The first-order chi connectivity index (χ1) is 20.9. The van der Waals surface area contributed by atoms with Crippen LogP contribution in [0.4, 0.5) is 9.18 Å². The van der Waals surface area contributed by atoms with E-state index in [4.69, 9.17) is 24.4 Å². The molecule has 44 heavy (non-hydrogen) atoms. The molecule has 1 unspecified atom stereocenters. The van der Waals surface area contributed by atoms with Crippen LogP contribution in [0, 0.1) is 0 Å². The van der Waals surface area contributed by atoms with Gasteiger partial charge in [0.15, 0.2) is 5.82 Å². The number of fused-ring (bicyclic) bond motifs is 9. The molecule has 2 aliphatic heterocycles. The van der Waals surface area contributed by atoms with Crippen molar-refractivity contribution in [2.24, 2.45) is 0 Å². The Morgan fingerprint density at radius 1 is 1.11 bits per heavy atom. The zero-order chi connectivity index (χ0) is 31.0. The molecule has 2 aromatic heterocycles. The van der Waals surface area contributed by atoms with Crippen LogP contribution < -0.4 is 10.1 Å². The number of halogens is 1. The quantitative estimate of drug-likeness (QED) is 0.291. The lowest BCUT2D eigenvalue weighted by Crippen LogP contribution is -2.53. The second-order valence-corrected chi connectivity index (χ2v) is 13.0. The van der Waals surface area contributed by atoms with Gasteiger partial charge in [-0.05, 0) is 69.9 Å². The highest BCUT2D eigenvalue weighted by atomic mass is 19.1. The Balaban J connectivity index is 1.25. The number of alkyl carbamates (subject to hydrolysis) is 1. The summed E-state index contributed by atoms with van der Waals surface area (Å²) in [4.78, 5) is 42.1. The maximum atomic E-state index is 14.1. The fourth-order valence-electron chi connectivity index (χ4n) is 6.70. The third kappa shape index (κ3) is 4.56. The SMILES string of the molecule is CC(F)Oc1cccc2c1[C@H]1C[C@H](c3nc4ccc(-c5cnc(C6(NC(=O)OC(C)(C)C)CCC6)nc5)cc4n31)N(C)C2=O. The number of nitrogens with one attached hydrogen (secondary N) is 1. The van der Waals surface area contributed by atoms with Crippen molar-refractivity contribution in [1.82, 2.24) is 29.7 Å². The van der Waals surface area contributed by atoms with Crippen molar-refractivity contribution >= 4 is 23.0 Å². The van der Waals surface area contributed by atoms with E-state index in [1.54, 1.807) is 42.5 Å². The molecular formula is C33H35FN6O4. The second kappa shape index (κ2) is 10.0. The molecule has 2 bridgehead atoms. The lowest BCUT2D eigenvalue weighted by Gasteiger charge is -2.41. The lowest BCUT2D eigenvalue weighted by atomic mass is 9.76. The standard InChI is InChI=1S/C33H35FN6O4/c1-18(34)43-26-9-6-8-21-27(26)24-15-25(39(5)29(21)41)28-37-22-11-10-19(14-23(22)40(24)28)20-16-35-30(36-17-20)33(12-7-13-33)38-31(42)44-32(2,3)4/h6,8-11,14,16-18,24-25H,7,12-13,15H2,1-5H3,(H,38,42)/t18?,24-,25-/m1/s1. The first kappa shape index (κ1) is 28.2. The van der Waals surface area contributed by atoms with Gasteiger partial charge in [-0.3, -0.25) is 4.79 Å². The van der Waals surface area contributed by atoms with Gasteiger partial charge in [0, 0.05) is 49.5 Å². The average Bonchev–Trinajstić information content (AvgIpc) is 3.47. The number of amides is 2. The number of rotatable bonds is 5. The van der Waals surface area contributed by atoms with Gasteiger partial charge in [0.25, 0.3) is 5.91 Å². The Bertz CT molecular complexity index is 1790. The van der Waals surface area contributed by atoms with E-state index in [1.807, 2.05) is 32.9 Å². The van der Waals surface area contributed by atoms with E-state index >= 15 is 0 Å². The summed E-state index contributed by atoms with van der Waals surface area (Å²) in [6.07, 6.45) is 4.62. The van der Waals surface area contributed by atoms with Crippen molar-refractivity contribution in [3.63, 3.8) is 0 Å². The highest BCUT2D eigenvalue weighted by molar-refractivity contribution is 5.98. The minimum absolute atomic E-state index is 0.133. The van der Waals surface area contributed by atoms with Crippen molar-refractivity contribution < 1.29 is 23.5 Å². The fraction of sp³-hybridized carbons (Fsp3) is 0.424. The van der Waals surface area contributed by atoms with Gasteiger partial charge in [0.1, 0.15) is 22.7 Å². The molecule has 1 N–H and O–H groups in total. The van der Waals surface area contributed by atoms with Gasteiger partial charge in [-0.25, -0.2) is 24.1 Å². The zero-order valence-electron chi connectivity index (χ0n) is 25.4. The van der Waals surface area contributed by atoms with Crippen molar-refractivity contribution in [3.05, 3.63) is 71.6 Å². The molecule has 1 aliphatic carbocycles. The maximum Gasteiger partial charge on any atom is 0.408 e. The van der Waals surface area contributed by atoms with Gasteiger partial charge in [0.2, 0.25) is 6.36 Å². The Labute approximate surface area is 254 Å². The number of alkyl halides is 1. The van der Waals surface area contributed by atoms with Gasteiger partial charge < -0.3 is 24.3 Å². The minimum Gasteiger partial charge on any atom is -0.460 e. The molecule has 4 heterocycles. The van der Waals surface area contributed by atoms with Crippen LogP contribution in [0.3, 0.4) is 0 Å². The number of hydrogen-bond acceptors (Lipinski definition) is 7. The van der Waals surface area contributed by atoms with Crippen LogP contribution >= 0.6 is 0 Å². The summed E-state index contributed by atoms with van der Waals surface area (Å²) in [6, 6.07) is 10.7. The number of carbonyl (C=O) groups is 2. The Morgan fingerprint density at radius 2 is 1.86 bits per heavy atom. The number of ether oxygens (including phenoxy) is 2. The molecule has 2 aromatic carbocycles. The molecule has 11 heteroatoms. The van der Waals surface area contributed by atoms with Gasteiger partial charge in [-0.1, -0.05) is 12.1 Å². The number of carbonyl (C=O) groups excluding carboxylic acids is 2. The van der Waals surface area contributed by atoms with Gasteiger partial charge >= 0.3 is 6.09 Å². The fourth-order valence-corrected chi connectivity index (χ4v) is 6.70. The predicted molar refractivity (Wildman–Crippen MR) is 161 cm³/mol. The molecule has 4 aromatic rings. The first-order valence-electron chi connectivity index (χ1n) is 15.0. The highest BCUT2D eigenvalue weighted by Gasteiger charge is 2.46. The van der Waals surface area contributed by atoms with Gasteiger partial charge in [-0.2, -0.15) is 0 Å². The molecule has 3 aliphatic rings.